The van der Waals surface area contributed by atoms with E-state index < -0.39 is 18.1 Å². The highest BCUT2D eigenvalue weighted by Gasteiger charge is 2.22. The van der Waals surface area contributed by atoms with Crippen LogP contribution in [0, 0.1) is 0 Å². The van der Waals surface area contributed by atoms with Crippen molar-refractivity contribution in [2.24, 2.45) is 17.2 Å². The Morgan fingerprint density at radius 2 is 0.750 bits per heavy atom. The van der Waals surface area contributed by atoms with Crippen molar-refractivity contribution < 1.29 is 34.5 Å². The van der Waals surface area contributed by atoms with Gasteiger partial charge in [0.05, 0.1) is 0 Å². The van der Waals surface area contributed by atoms with Gasteiger partial charge in [-0.3, -0.25) is 29.7 Å². The Bertz CT molecular complexity index is 1060. The van der Waals surface area contributed by atoms with E-state index >= 15 is 0 Å². The highest BCUT2D eigenvalue weighted by atomic mass is 16.2. The summed E-state index contributed by atoms with van der Waals surface area (Å²) in [5.74, 6) is -0.947. The summed E-state index contributed by atoms with van der Waals surface area (Å²) in [7, 11) is 0. The summed E-state index contributed by atoms with van der Waals surface area (Å²) >= 11 is 0. The highest BCUT2D eigenvalue weighted by molar-refractivity contribution is 5.88. The Hall–Kier alpha value is -3.14. The van der Waals surface area contributed by atoms with E-state index in [0.29, 0.717) is 77.7 Å². The Labute approximate surface area is 337 Å². The monoisotopic (exact) mass is 797 g/mol. The molecule has 0 aliphatic rings. The quantitative estimate of drug-likeness (QED) is 0.0413. The second kappa shape index (κ2) is 37.4. The maximum atomic E-state index is 13.0. The predicted octanol–water partition coefficient (Wildman–Crippen LogP) is 2.48. The minimum atomic E-state index is -0.592. The molecule has 0 saturated carbocycles. The first kappa shape index (κ1) is 52.9. The van der Waals surface area contributed by atoms with Crippen LogP contribution in [-0.2, 0) is 28.8 Å². The number of carbonyl (C=O) groups excluding carboxylic acids is 6. The van der Waals surface area contributed by atoms with Gasteiger partial charge in [0.2, 0.25) is 29.5 Å². The summed E-state index contributed by atoms with van der Waals surface area (Å²) in [6.45, 7) is 4.82. The number of unbranched alkanes of at least 4 members (excludes halogenated alkanes) is 14. The maximum absolute atomic E-state index is 13.0. The van der Waals surface area contributed by atoms with Crippen molar-refractivity contribution in [3.63, 3.8) is 0 Å². The molecule has 15 heteroatoms. The number of nitrogens with two attached hydrogens (primary N) is 3. The third kappa shape index (κ3) is 31.0. The predicted molar refractivity (Wildman–Crippen MR) is 223 cm³/mol. The average molecular weight is 797 g/mol. The van der Waals surface area contributed by atoms with E-state index in [-0.39, 0.29) is 35.4 Å². The number of quaternary nitrogens is 1. The van der Waals surface area contributed by atoms with E-state index in [1.54, 1.807) is 0 Å². The topological polar surface area (TPSA) is 268 Å². The summed E-state index contributed by atoms with van der Waals surface area (Å²) in [5, 5.41) is 14.6. The zero-order valence-electron chi connectivity index (χ0n) is 35.0. The third-order valence-corrected chi connectivity index (χ3v) is 9.89. The number of carbonyl (C=O) groups is 6. The van der Waals surface area contributed by atoms with E-state index in [0.717, 1.165) is 122 Å². The molecule has 15 nitrogen and oxygen atoms in total. The molecule has 0 bridgehead atoms. The molecule has 0 aromatic rings. The molecule has 0 aliphatic carbocycles. The SMILES string of the molecule is CCCCCCC(=O)NC(CCCCN)C(=O)NCCCCCCCC(=O)NC(CCCCN)C(=O)NCCCCCCCC(=O)NC(CCCCN)C([NH3+])=O. The number of hydrogen-bond donors (Lipinski definition) is 9. The third-order valence-electron chi connectivity index (χ3n) is 9.89. The molecule has 0 heterocycles. The van der Waals surface area contributed by atoms with Gasteiger partial charge >= 0.3 is 5.91 Å². The van der Waals surface area contributed by atoms with Crippen LogP contribution in [0.1, 0.15) is 174 Å². The normalized spacial score (nSPS) is 12.7. The second-order valence-electron chi connectivity index (χ2n) is 15.1. The standard InChI is InChI=1S/C41H81N9O6/c1-2-3-4-11-25-37(52)49-34(23-15-18-29-43)40(55)46-32-21-10-6-8-13-27-38(53)50-35(24-16-19-30-44)41(56)47-31-20-9-5-7-12-26-36(51)48-33(39(45)54)22-14-17-28-42/h33-35H,2-32,42-44H2,1H3,(H2,45,54)(H,46,55)(H,47,56)(H,48,51)(H,49,52)(H,50,53)/p+1. The first-order valence-electron chi connectivity index (χ1n) is 22.0. The molecule has 56 heavy (non-hydrogen) atoms. The molecule has 0 aromatic carbocycles. The highest BCUT2D eigenvalue weighted by Crippen LogP contribution is 2.10. The van der Waals surface area contributed by atoms with Gasteiger partial charge in [-0.1, -0.05) is 64.7 Å². The fraction of sp³-hybridized carbons (Fsp3) is 0.854. The molecule has 326 valence electrons. The van der Waals surface area contributed by atoms with Crippen molar-refractivity contribution in [2.75, 3.05) is 32.7 Å². The van der Waals surface area contributed by atoms with E-state index in [1.165, 1.54) is 0 Å². The lowest BCUT2D eigenvalue weighted by Gasteiger charge is -2.19. The summed E-state index contributed by atoms with van der Waals surface area (Å²) in [5.41, 5.74) is 20.2. The minimum absolute atomic E-state index is 0.0743. The maximum Gasteiger partial charge on any atom is 0.331 e. The van der Waals surface area contributed by atoms with Gasteiger partial charge in [-0.25, -0.2) is 4.79 Å². The molecule has 6 amide bonds. The zero-order chi connectivity index (χ0) is 41.7. The van der Waals surface area contributed by atoms with Crippen molar-refractivity contribution in [2.45, 2.75) is 192 Å². The summed E-state index contributed by atoms with van der Waals surface area (Å²) in [4.78, 5) is 74.9. The molecular formula is C41H82N9O6+. The van der Waals surface area contributed by atoms with Crippen LogP contribution >= 0.6 is 0 Å². The van der Waals surface area contributed by atoms with E-state index in [1.807, 2.05) is 0 Å². The van der Waals surface area contributed by atoms with Crippen LogP contribution in [0.4, 0.5) is 0 Å². The minimum Gasteiger partial charge on any atom is -0.354 e. The van der Waals surface area contributed by atoms with Crippen molar-refractivity contribution in [3.8, 4) is 0 Å². The Morgan fingerprint density at radius 1 is 0.429 bits per heavy atom. The second-order valence-corrected chi connectivity index (χ2v) is 15.1. The summed E-state index contributed by atoms with van der Waals surface area (Å²) < 4.78 is 0. The first-order valence-corrected chi connectivity index (χ1v) is 22.0. The van der Waals surface area contributed by atoms with Crippen molar-refractivity contribution >= 4 is 35.4 Å². The molecule has 0 saturated heterocycles. The number of nitrogens with one attached hydrogen (secondary N) is 5. The van der Waals surface area contributed by atoms with Crippen molar-refractivity contribution in [1.29, 1.82) is 0 Å². The van der Waals surface area contributed by atoms with Gasteiger partial charge in [0.15, 0.2) is 0 Å². The molecule has 0 fully saturated rings. The largest absolute Gasteiger partial charge is 0.354 e. The summed E-state index contributed by atoms with van der Waals surface area (Å²) in [6, 6.07) is -1.67. The van der Waals surface area contributed by atoms with Crippen LogP contribution in [0.5, 0.6) is 0 Å². The lowest BCUT2D eigenvalue weighted by Crippen LogP contribution is -2.66. The van der Waals surface area contributed by atoms with Crippen LogP contribution in [0.15, 0.2) is 0 Å². The van der Waals surface area contributed by atoms with Gasteiger partial charge in [-0.2, -0.15) is 0 Å². The molecule has 0 aliphatic heterocycles. The average Bonchev–Trinajstić information content (AvgIpc) is 3.17. The van der Waals surface area contributed by atoms with E-state index in [2.05, 4.69) is 39.2 Å². The van der Waals surface area contributed by atoms with Gasteiger partial charge in [-0.05, 0) is 110 Å². The van der Waals surface area contributed by atoms with Gasteiger partial charge in [-0.15, -0.1) is 0 Å². The Balaban J connectivity index is 4.34. The summed E-state index contributed by atoms with van der Waals surface area (Å²) in [6.07, 6.45) is 20.1. The van der Waals surface area contributed by atoms with Crippen LogP contribution in [0.25, 0.3) is 0 Å². The fourth-order valence-corrected chi connectivity index (χ4v) is 6.39. The molecule has 0 radical (unpaired) electrons. The van der Waals surface area contributed by atoms with Crippen LogP contribution in [-0.4, -0.2) is 86.3 Å². The fourth-order valence-electron chi connectivity index (χ4n) is 6.39. The van der Waals surface area contributed by atoms with Crippen LogP contribution in [0.3, 0.4) is 0 Å². The molecule has 14 N–H and O–H groups in total. The Morgan fingerprint density at radius 3 is 1.11 bits per heavy atom. The van der Waals surface area contributed by atoms with Gasteiger partial charge < -0.3 is 43.8 Å². The first-order chi connectivity index (χ1) is 27.1. The van der Waals surface area contributed by atoms with E-state index in [4.69, 9.17) is 17.2 Å². The number of hydrogen-bond acceptors (Lipinski definition) is 9. The number of amides is 6. The van der Waals surface area contributed by atoms with Gasteiger partial charge in [0.25, 0.3) is 0 Å². The number of rotatable bonds is 39. The lowest BCUT2D eigenvalue weighted by atomic mass is 10.1. The van der Waals surface area contributed by atoms with Crippen molar-refractivity contribution in [1.82, 2.24) is 26.6 Å². The van der Waals surface area contributed by atoms with Gasteiger partial charge in [0, 0.05) is 32.4 Å². The van der Waals surface area contributed by atoms with Crippen LogP contribution in [0.2, 0.25) is 0 Å². The zero-order valence-corrected chi connectivity index (χ0v) is 35.0. The molecule has 0 spiro atoms. The molecule has 0 rings (SSSR count). The van der Waals surface area contributed by atoms with E-state index in [9.17, 15) is 28.8 Å². The Kier molecular flexibility index (Phi) is 35.3. The van der Waals surface area contributed by atoms with Crippen LogP contribution < -0.4 is 49.5 Å². The molecule has 3 unspecified atom stereocenters. The molecule has 0 aromatic heterocycles. The smallest absolute Gasteiger partial charge is 0.331 e. The molecule has 3 atom stereocenters. The van der Waals surface area contributed by atoms with Gasteiger partial charge in [0.1, 0.15) is 18.1 Å². The lowest BCUT2D eigenvalue weighted by molar-refractivity contribution is -0.308. The van der Waals surface area contributed by atoms with Crippen molar-refractivity contribution in [3.05, 3.63) is 0 Å². The molecular weight excluding hydrogens is 715 g/mol.